The van der Waals surface area contributed by atoms with E-state index < -0.39 is 0 Å². The summed E-state index contributed by atoms with van der Waals surface area (Å²) in [6.45, 7) is 9.24. The molecule has 0 spiro atoms. The number of likely N-dealkylation sites (N-methyl/N-ethyl adjacent to an activating group) is 1. The highest BCUT2D eigenvalue weighted by atomic mass is 35.5. The van der Waals surface area contributed by atoms with Crippen LogP contribution < -0.4 is 19.9 Å². The van der Waals surface area contributed by atoms with Gasteiger partial charge in [0.25, 0.3) is 5.91 Å². The molecule has 7 heteroatoms. The number of hydrogen-bond donors (Lipinski definition) is 2. The van der Waals surface area contributed by atoms with Crippen LogP contribution >= 0.6 is 23.2 Å². The van der Waals surface area contributed by atoms with Crippen LogP contribution in [0.1, 0.15) is 12.5 Å². The van der Waals surface area contributed by atoms with Crippen molar-refractivity contribution in [3.8, 4) is 5.75 Å². The van der Waals surface area contributed by atoms with Crippen molar-refractivity contribution >= 4 is 40.5 Å². The number of nitrogens with zero attached hydrogens (tertiary/aromatic N) is 1. The Morgan fingerprint density at radius 2 is 1.93 bits per heavy atom. The summed E-state index contributed by atoms with van der Waals surface area (Å²) in [5.74, 6) is 0.385. The minimum absolute atomic E-state index is 0.0826. The highest BCUT2D eigenvalue weighted by Crippen LogP contribution is 2.29. The Balaban J connectivity index is 1.65. The highest BCUT2D eigenvalue weighted by molar-refractivity contribution is 6.31. The number of carbonyl (C=O) groups excluding carboxylic acids is 1. The van der Waals surface area contributed by atoms with Crippen LogP contribution in [0.15, 0.2) is 36.4 Å². The van der Waals surface area contributed by atoms with Crippen LogP contribution in [0.4, 0.5) is 11.4 Å². The lowest BCUT2D eigenvalue weighted by Gasteiger charge is -2.34. The van der Waals surface area contributed by atoms with E-state index >= 15 is 0 Å². The minimum Gasteiger partial charge on any atom is -0.484 e. The second-order valence-electron chi connectivity index (χ2n) is 7.00. The van der Waals surface area contributed by atoms with Crippen molar-refractivity contribution in [2.45, 2.75) is 13.8 Å². The van der Waals surface area contributed by atoms with E-state index in [1.54, 1.807) is 23.1 Å². The molecule has 1 aliphatic heterocycles. The van der Waals surface area contributed by atoms with Gasteiger partial charge in [-0.05, 0) is 55.8 Å². The van der Waals surface area contributed by atoms with Gasteiger partial charge in [0.2, 0.25) is 0 Å². The summed E-state index contributed by atoms with van der Waals surface area (Å²) in [5, 5.41) is 4.21. The third kappa shape index (κ3) is 5.31. The number of ether oxygens (including phenoxy) is 1. The van der Waals surface area contributed by atoms with E-state index in [0.29, 0.717) is 21.5 Å². The van der Waals surface area contributed by atoms with Gasteiger partial charge in [0.1, 0.15) is 5.75 Å². The first kappa shape index (κ1) is 20.8. The molecule has 2 aromatic rings. The SMILES string of the molecule is CC[NH+]1CCN(c2ccc(Cl)cc2NC(=O)COc2ccc(Cl)c(C)c2)CC1. The molecule has 0 unspecified atom stereocenters. The molecule has 1 saturated heterocycles. The van der Waals surface area contributed by atoms with Gasteiger partial charge in [0.15, 0.2) is 6.61 Å². The topological polar surface area (TPSA) is 46.0 Å². The van der Waals surface area contributed by atoms with Gasteiger partial charge in [0.05, 0.1) is 44.1 Å². The third-order valence-electron chi connectivity index (χ3n) is 5.04. The minimum atomic E-state index is -0.228. The Bertz CT molecular complexity index is 836. The van der Waals surface area contributed by atoms with Crippen LogP contribution in [0.5, 0.6) is 5.75 Å². The number of carbonyl (C=O) groups is 1. The number of piperazine rings is 1. The zero-order chi connectivity index (χ0) is 20.1. The third-order valence-corrected chi connectivity index (χ3v) is 5.70. The number of quaternary nitrogens is 1. The van der Waals surface area contributed by atoms with Gasteiger partial charge in [-0.2, -0.15) is 0 Å². The van der Waals surface area contributed by atoms with E-state index in [1.165, 1.54) is 0 Å². The maximum Gasteiger partial charge on any atom is 0.262 e. The molecule has 0 radical (unpaired) electrons. The molecule has 1 amide bonds. The summed E-state index contributed by atoms with van der Waals surface area (Å²) in [7, 11) is 0. The largest absolute Gasteiger partial charge is 0.484 e. The number of rotatable bonds is 6. The van der Waals surface area contributed by atoms with Gasteiger partial charge in [0, 0.05) is 10.0 Å². The fourth-order valence-electron chi connectivity index (χ4n) is 3.34. The van der Waals surface area contributed by atoms with Crippen LogP contribution in [-0.2, 0) is 4.79 Å². The molecule has 0 atom stereocenters. The smallest absolute Gasteiger partial charge is 0.262 e. The molecule has 150 valence electrons. The Hall–Kier alpha value is -1.95. The van der Waals surface area contributed by atoms with Crippen LogP contribution in [0.25, 0.3) is 0 Å². The van der Waals surface area contributed by atoms with Gasteiger partial charge in [-0.15, -0.1) is 0 Å². The summed E-state index contributed by atoms with van der Waals surface area (Å²) < 4.78 is 5.60. The molecule has 28 heavy (non-hydrogen) atoms. The molecule has 0 saturated carbocycles. The second-order valence-corrected chi connectivity index (χ2v) is 7.84. The van der Waals surface area contributed by atoms with E-state index in [-0.39, 0.29) is 12.5 Å². The van der Waals surface area contributed by atoms with E-state index in [9.17, 15) is 4.79 Å². The van der Waals surface area contributed by atoms with Crippen molar-refractivity contribution < 1.29 is 14.4 Å². The van der Waals surface area contributed by atoms with Gasteiger partial charge in [-0.25, -0.2) is 0 Å². The summed E-state index contributed by atoms with van der Waals surface area (Å²) in [5.41, 5.74) is 2.62. The predicted octanol–water partition coefficient (Wildman–Crippen LogP) is 3.04. The van der Waals surface area contributed by atoms with Crippen molar-refractivity contribution in [3.05, 3.63) is 52.0 Å². The van der Waals surface area contributed by atoms with Crippen LogP contribution in [-0.4, -0.2) is 45.2 Å². The molecular formula is C21H26Cl2N3O2+. The quantitative estimate of drug-likeness (QED) is 0.751. The van der Waals surface area contributed by atoms with Gasteiger partial charge >= 0.3 is 0 Å². The molecule has 0 aliphatic carbocycles. The number of benzene rings is 2. The summed E-state index contributed by atoms with van der Waals surface area (Å²) in [4.78, 5) is 16.4. The average Bonchev–Trinajstić information content (AvgIpc) is 2.69. The first-order valence-corrected chi connectivity index (χ1v) is 10.3. The highest BCUT2D eigenvalue weighted by Gasteiger charge is 2.21. The molecular weight excluding hydrogens is 397 g/mol. The monoisotopic (exact) mass is 422 g/mol. The van der Waals surface area contributed by atoms with Gasteiger partial charge in [-0.1, -0.05) is 23.2 Å². The zero-order valence-corrected chi connectivity index (χ0v) is 17.7. The van der Waals surface area contributed by atoms with Crippen LogP contribution in [0.2, 0.25) is 10.0 Å². The molecule has 1 aliphatic rings. The van der Waals surface area contributed by atoms with Gasteiger partial charge in [-0.3, -0.25) is 4.79 Å². The normalized spacial score (nSPS) is 14.8. The van der Waals surface area contributed by atoms with E-state index in [2.05, 4.69) is 17.1 Å². The number of aryl methyl sites for hydroxylation is 1. The Kier molecular flexibility index (Phi) is 7.05. The average molecular weight is 423 g/mol. The molecule has 0 aromatic heterocycles. The maximum absolute atomic E-state index is 12.5. The molecule has 1 fully saturated rings. The van der Waals surface area contributed by atoms with E-state index in [0.717, 1.165) is 44.0 Å². The first-order chi connectivity index (χ1) is 13.5. The maximum atomic E-state index is 12.5. The Morgan fingerprint density at radius 1 is 1.18 bits per heavy atom. The summed E-state index contributed by atoms with van der Waals surface area (Å²) in [6.07, 6.45) is 0. The van der Waals surface area contributed by atoms with E-state index in [1.807, 2.05) is 25.1 Å². The van der Waals surface area contributed by atoms with Crippen molar-refractivity contribution in [1.29, 1.82) is 0 Å². The predicted molar refractivity (Wildman–Crippen MR) is 115 cm³/mol. The van der Waals surface area contributed by atoms with Crippen LogP contribution in [0.3, 0.4) is 0 Å². The summed E-state index contributed by atoms with van der Waals surface area (Å²) >= 11 is 12.2. The zero-order valence-electron chi connectivity index (χ0n) is 16.2. The van der Waals surface area contributed by atoms with Crippen molar-refractivity contribution in [2.75, 3.05) is 49.5 Å². The Morgan fingerprint density at radius 3 is 2.61 bits per heavy atom. The lowest BCUT2D eigenvalue weighted by Crippen LogP contribution is -3.14. The fourth-order valence-corrected chi connectivity index (χ4v) is 3.63. The molecule has 2 aromatic carbocycles. The lowest BCUT2D eigenvalue weighted by atomic mass is 10.2. The number of hydrogen-bond acceptors (Lipinski definition) is 3. The molecule has 3 rings (SSSR count). The number of amides is 1. The molecule has 1 heterocycles. The number of halogens is 2. The van der Waals surface area contributed by atoms with Crippen molar-refractivity contribution in [2.24, 2.45) is 0 Å². The van der Waals surface area contributed by atoms with E-state index in [4.69, 9.17) is 27.9 Å². The second kappa shape index (κ2) is 9.50. The molecule has 0 bridgehead atoms. The lowest BCUT2D eigenvalue weighted by molar-refractivity contribution is -0.898. The number of anilines is 2. The van der Waals surface area contributed by atoms with Crippen LogP contribution in [0, 0.1) is 6.92 Å². The fraction of sp³-hybridized carbons (Fsp3) is 0.381. The molecule has 2 N–H and O–H groups in total. The van der Waals surface area contributed by atoms with Gasteiger partial charge < -0.3 is 19.9 Å². The van der Waals surface area contributed by atoms with Crippen molar-refractivity contribution in [3.63, 3.8) is 0 Å². The first-order valence-electron chi connectivity index (χ1n) is 9.53. The molecule has 5 nitrogen and oxygen atoms in total. The van der Waals surface area contributed by atoms with Crippen molar-refractivity contribution in [1.82, 2.24) is 0 Å². The number of nitrogens with one attached hydrogen (secondary N) is 2. The Labute approximate surface area is 176 Å². The standard InChI is InChI=1S/C21H25Cl2N3O2/c1-3-25-8-10-26(11-9-25)20-7-4-16(22)13-19(20)24-21(27)14-28-17-5-6-18(23)15(2)12-17/h4-7,12-13H,3,8-11,14H2,1-2H3,(H,24,27)/p+1. The summed E-state index contributed by atoms with van der Waals surface area (Å²) in [6, 6.07) is 11.0.